The molecule has 5 nitrogen and oxygen atoms in total. The number of benzene rings is 2. The lowest BCUT2D eigenvalue weighted by molar-refractivity contribution is -0.118. The lowest BCUT2D eigenvalue weighted by Crippen LogP contribution is -2.19. The maximum atomic E-state index is 13.4. The van der Waals surface area contributed by atoms with Crippen LogP contribution in [0.15, 0.2) is 62.3 Å². The standard InChI is InChI=1S/C18H14ClFN4OS3/c19-14-7-3-1-6-13(14)10-26-17-23-24-18(28-17)27-11-16(25)22-21-9-12-5-2-4-8-15(12)20/h1-9H,10-11H2,(H,22,25)/b21-9+. The zero-order valence-corrected chi connectivity index (χ0v) is 17.5. The number of rotatable bonds is 8. The summed E-state index contributed by atoms with van der Waals surface area (Å²) in [4.78, 5) is 11.8. The van der Waals surface area contributed by atoms with E-state index in [1.807, 2.05) is 24.3 Å². The molecule has 0 atom stereocenters. The molecule has 1 N–H and O–H groups in total. The Morgan fingerprint density at radius 3 is 2.64 bits per heavy atom. The van der Waals surface area contributed by atoms with Gasteiger partial charge in [-0.15, -0.1) is 10.2 Å². The van der Waals surface area contributed by atoms with E-state index < -0.39 is 5.82 Å². The molecular weight excluding hydrogens is 439 g/mol. The normalized spacial score (nSPS) is 11.1. The fourth-order valence-electron chi connectivity index (χ4n) is 1.98. The summed E-state index contributed by atoms with van der Waals surface area (Å²) in [5, 5.41) is 12.7. The summed E-state index contributed by atoms with van der Waals surface area (Å²) in [5.74, 6) is 0.131. The molecule has 144 valence electrons. The third kappa shape index (κ3) is 6.30. The third-order valence-corrected chi connectivity index (χ3v) is 6.93. The number of nitrogens with one attached hydrogen (secondary N) is 1. The van der Waals surface area contributed by atoms with Gasteiger partial charge in [-0.2, -0.15) is 5.10 Å². The number of aromatic nitrogens is 2. The molecule has 2 aromatic carbocycles. The predicted molar refractivity (Wildman–Crippen MR) is 114 cm³/mol. The Bertz CT molecular complexity index is 983. The van der Waals surface area contributed by atoms with Gasteiger partial charge >= 0.3 is 0 Å². The van der Waals surface area contributed by atoms with E-state index in [0.29, 0.717) is 15.7 Å². The predicted octanol–water partition coefficient (Wildman–Crippen LogP) is 4.87. The van der Waals surface area contributed by atoms with Crippen molar-refractivity contribution in [2.45, 2.75) is 14.4 Å². The van der Waals surface area contributed by atoms with Gasteiger partial charge in [0.1, 0.15) is 5.82 Å². The van der Waals surface area contributed by atoms with E-state index >= 15 is 0 Å². The molecule has 0 spiro atoms. The monoisotopic (exact) mass is 452 g/mol. The summed E-state index contributed by atoms with van der Waals surface area (Å²) in [5.41, 5.74) is 3.71. The largest absolute Gasteiger partial charge is 0.272 e. The van der Waals surface area contributed by atoms with Gasteiger partial charge in [0.25, 0.3) is 5.91 Å². The smallest absolute Gasteiger partial charge is 0.250 e. The molecule has 0 saturated carbocycles. The molecule has 10 heteroatoms. The fraction of sp³-hybridized carbons (Fsp3) is 0.111. The lowest BCUT2D eigenvalue weighted by Gasteiger charge is -2.00. The van der Waals surface area contributed by atoms with E-state index in [2.05, 4.69) is 20.7 Å². The molecule has 0 unspecified atom stereocenters. The molecule has 0 aliphatic heterocycles. The Morgan fingerprint density at radius 1 is 1.14 bits per heavy atom. The number of amides is 1. The highest BCUT2D eigenvalue weighted by Crippen LogP contribution is 2.32. The molecule has 0 bridgehead atoms. The van der Waals surface area contributed by atoms with Gasteiger partial charge < -0.3 is 0 Å². The minimum absolute atomic E-state index is 0.137. The average Bonchev–Trinajstić information content (AvgIpc) is 3.15. The quantitative estimate of drug-likeness (QED) is 0.300. The maximum Gasteiger partial charge on any atom is 0.250 e. The van der Waals surface area contributed by atoms with Crippen LogP contribution >= 0.6 is 46.5 Å². The number of hydrogen-bond donors (Lipinski definition) is 1. The van der Waals surface area contributed by atoms with E-state index in [4.69, 9.17) is 11.6 Å². The molecular formula is C18H14ClFN4OS3. The number of thioether (sulfide) groups is 2. The average molecular weight is 453 g/mol. The second kappa shape index (κ2) is 10.6. The summed E-state index contributed by atoms with van der Waals surface area (Å²) in [6.45, 7) is 0. The van der Waals surface area contributed by atoms with Gasteiger partial charge in [-0.1, -0.05) is 82.9 Å². The first-order chi connectivity index (χ1) is 13.6. The Labute approximate surface area is 178 Å². The van der Waals surface area contributed by atoms with Crippen LogP contribution < -0.4 is 5.43 Å². The van der Waals surface area contributed by atoms with Crippen molar-refractivity contribution in [1.29, 1.82) is 0 Å². The van der Waals surface area contributed by atoms with Crippen molar-refractivity contribution in [2.75, 3.05) is 5.75 Å². The molecule has 1 aromatic heterocycles. The Kier molecular flexibility index (Phi) is 7.84. The minimum atomic E-state index is -0.398. The lowest BCUT2D eigenvalue weighted by atomic mass is 10.2. The van der Waals surface area contributed by atoms with E-state index in [0.717, 1.165) is 14.9 Å². The van der Waals surface area contributed by atoms with Crippen molar-refractivity contribution >= 4 is 58.6 Å². The number of halogens is 2. The second-order valence-corrected chi connectivity index (χ2v) is 9.15. The molecule has 0 aliphatic rings. The first-order valence-corrected chi connectivity index (χ1v) is 11.2. The number of carbonyl (C=O) groups excluding carboxylic acids is 1. The molecule has 0 fully saturated rings. The second-order valence-electron chi connectivity index (χ2n) is 5.32. The number of hydrogen-bond acceptors (Lipinski definition) is 7. The zero-order chi connectivity index (χ0) is 19.8. The van der Waals surface area contributed by atoms with Crippen LogP contribution in [0.2, 0.25) is 5.02 Å². The summed E-state index contributed by atoms with van der Waals surface area (Å²) in [7, 11) is 0. The topological polar surface area (TPSA) is 67.2 Å². The van der Waals surface area contributed by atoms with Gasteiger partial charge in [-0.25, -0.2) is 9.82 Å². The Morgan fingerprint density at radius 2 is 1.86 bits per heavy atom. The summed E-state index contributed by atoms with van der Waals surface area (Å²) in [6, 6.07) is 13.8. The van der Waals surface area contributed by atoms with Gasteiger partial charge in [0.2, 0.25) is 0 Å². The summed E-state index contributed by atoms with van der Waals surface area (Å²) < 4.78 is 14.9. The SMILES string of the molecule is O=C(CSc1nnc(SCc2ccccc2Cl)s1)N/N=C/c1ccccc1F. The zero-order valence-electron chi connectivity index (χ0n) is 14.3. The van der Waals surface area contributed by atoms with Crippen LogP contribution in [-0.2, 0) is 10.5 Å². The van der Waals surface area contributed by atoms with Crippen molar-refractivity contribution in [3.05, 3.63) is 70.5 Å². The molecule has 0 radical (unpaired) electrons. The molecule has 28 heavy (non-hydrogen) atoms. The van der Waals surface area contributed by atoms with Crippen LogP contribution in [0.4, 0.5) is 4.39 Å². The molecule has 0 saturated heterocycles. The van der Waals surface area contributed by atoms with Crippen molar-refractivity contribution < 1.29 is 9.18 Å². The highest BCUT2D eigenvalue weighted by Gasteiger charge is 2.09. The van der Waals surface area contributed by atoms with E-state index in [9.17, 15) is 9.18 Å². The number of hydrazone groups is 1. The van der Waals surface area contributed by atoms with E-state index in [1.165, 1.54) is 35.4 Å². The molecule has 3 aromatic rings. The van der Waals surface area contributed by atoms with Crippen LogP contribution in [0.25, 0.3) is 0 Å². The van der Waals surface area contributed by atoms with Crippen molar-refractivity contribution in [2.24, 2.45) is 5.10 Å². The summed E-state index contributed by atoms with van der Waals surface area (Å²) >= 11 is 10.4. The number of carbonyl (C=O) groups is 1. The Hall–Kier alpha value is -1.94. The summed E-state index contributed by atoms with van der Waals surface area (Å²) in [6.07, 6.45) is 1.27. The maximum absolute atomic E-state index is 13.4. The van der Waals surface area contributed by atoms with Crippen LogP contribution in [0.1, 0.15) is 11.1 Å². The van der Waals surface area contributed by atoms with Gasteiger partial charge in [0.05, 0.1) is 12.0 Å². The molecule has 0 aliphatic carbocycles. The van der Waals surface area contributed by atoms with Gasteiger partial charge in [-0.3, -0.25) is 4.79 Å². The Balaban J connectivity index is 1.43. The van der Waals surface area contributed by atoms with Gasteiger partial charge in [0, 0.05) is 16.3 Å². The third-order valence-electron chi connectivity index (χ3n) is 3.32. The van der Waals surface area contributed by atoms with Gasteiger partial charge in [0.15, 0.2) is 8.68 Å². The molecule has 1 amide bonds. The number of nitrogens with zero attached hydrogens (tertiary/aromatic N) is 3. The molecule has 1 heterocycles. The first kappa shape index (κ1) is 20.8. The van der Waals surface area contributed by atoms with E-state index in [-0.39, 0.29) is 11.7 Å². The highest BCUT2D eigenvalue weighted by molar-refractivity contribution is 8.03. The van der Waals surface area contributed by atoms with Crippen molar-refractivity contribution in [3.63, 3.8) is 0 Å². The van der Waals surface area contributed by atoms with Crippen LogP contribution in [-0.4, -0.2) is 28.1 Å². The minimum Gasteiger partial charge on any atom is -0.272 e. The molecule has 3 rings (SSSR count). The van der Waals surface area contributed by atoms with Crippen molar-refractivity contribution in [1.82, 2.24) is 15.6 Å². The van der Waals surface area contributed by atoms with E-state index in [1.54, 1.807) is 30.0 Å². The van der Waals surface area contributed by atoms with Gasteiger partial charge in [-0.05, 0) is 17.7 Å². The van der Waals surface area contributed by atoms with Crippen LogP contribution in [0, 0.1) is 5.82 Å². The highest BCUT2D eigenvalue weighted by atomic mass is 35.5. The first-order valence-electron chi connectivity index (χ1n) is 8.01. The van der Waals surface area contributed by atoms with Crippen LogP contribution in [0.5, 0.6) is 0 Å². The fourth-order valence-corrected chi connectivity index (χ4v) is 5.08. The van der Waals surface area contributed by atoms with Crippen molar-refractivity contribution in [3.8, 4) is 0 Å². The van der Waals surface area contributed by atoms with Crippen LogP contribution in [0.3, 0.4) is 0 Å².